The van der Waals surface area contributed by atoms with Gasteiger partial charge in [0.15, 0.2) is 6.10 Å². The fourth-order valence-electron chi connectivity index (χ4n) is 9.75. The topological polar surface area (TPSA) is 78.9 Å². The lowest BCUT2D eigenvalue weighted by Gasteiger charge is -2.18. The summed E-state index contributed by atoms with van der Waals surface area (Å²) >= 11 is 0. The van der Waals surface area contributed by atoms with Gasteiger partial charge in [0.05, 0.1) is 6.42 Å². The molecule has 0 saturated heterocycles. The number of allylic oxidation sites excluding steroid dienone is 11. The van der Waals surface area contributed by atoms with Crippen LogP contribution in [-0.4, -0.2) is 37.2 Å². The molecule has 0 aliphatic heterocycles. The van der Waals surface area contributed by atoms with Crippen LogP contribution < -0.4 is 0 Å². The molecule has 1 atom stereocenters. The largest absolute Gasteiger partial charge is 0.462 e. The molecule has 446 valence electrons. The van der Waals surface area contributed by atoms with E-state index in [4.69, 9.17) is 14.2 Å². The van der Waals surface area contributed by atoms with Crippen molar-refractivity contribution in [2.24, 2.45) is 0 Å². The first-order chi connectivity index (χ1) is 38.0. The predicted octanol–water partition coefficient (Wildman–Crippen LogP) is 22.9. The van der Waals surface area contributed by atoms with Crippen LogP contribution in [0.3, 0.4) is 0 Å². The van der Waals surface area contributed by atoms with Crippen molar-refractivity contribution in [3.63, 3.8) is 0 Å². The van der Waals surface area contributed by atoms with Gasteiger partial charge in [-0.1, -0.05) is 325 Å². The fraction of sp³-hybridized carbons (Fsp3) is 0.789. The minimum atomic E-state index is -0.819. The van der Waals surface area contributed by atoms with Crippen molar-refractivity contribution in [3.8, 4) is 0 Å². The average Bonchev–Trinajstić information content (AvgIpc) is 3.43. The quantitative estimate of drug-likeness (QED) is 0.0261. The molecule has 77 heavy (non-hydrogen) atoms. The van der Waals surface area contributed by atoms with Gasteiger partial charge in [-0.25, -0.2) is 0 Å². The van der Waals surface area contributed by atoms with E-state index in [1.54, 1.807) is 6.08 Å². The summed E-state index contributed by atoms with van der Waals surface area (Å²) in [7, 11) is 0. The summed E-state index contributed by atoms with van der Waals surface area (Å²) in [5.41, 5.74) is 0. The van der Waals surface area contributed by atoms with E-state index in [0.717, 1.165) is 83.5 Å². The molecule has 0 amide bonds. The Hall–Kier alpha value is -3.15. The molecule has 0 N–H and O–H groups in total. The molecule has 0 heterocycles. The van der Waals surface area contributed by atoms with Gasteiger partial charge in [0.2, 0.25) is 0 Å². The second-order valence-corrected chi connectivity index (χ2v) is 22.4. The van der Waals surface area contributed by atoms with Crippen LogP contribution in [0.4, 0.5) is 0 Å². The molecule has 0 aliphatic rings. The lowest BCUT2D eigenvalue weighted by Crippen LogP contribution is -2.30. The van der Waals surface area contributed by atoms with E-state index in [0.29, 0.717) is 12.8 Å². The van der Waals surface area contributed by atoms with Crippen molar-refractivity contribution in [2.45, 2.75) is 348 Å². The lowest BCUT2D eigenvalue weighted by atomic mass is 10.0. The summed E-state index contributed by atoms with van der Waals surface area (Å²) in [6.45, 7) is 6.48. The van der Waals surface area contributed by atoms with Gasteiger partial charge < -0.3 is 14.2 Å². The number of unbranched alkanes of at least 4 members (excludes halogenated alkanes) is 39. The Labute approximate surface area is 478 Å². The maximum Gasteiger partial charge on any atom is 0.309 e. The molecule has 0 bridgehead atoms. The van der Waals surface area contributed by atoms with Crippen LogP contribution in [0.2, 0.25) is 0 Å². The molecule has 0 rings (SSSR count). The molecule has 0 aromatic rings. The third-order valence-corrected chi connectivity index (χ3v) is 14.7. The van der Waals surface area contributed by atoms with Crippen molar-refractivity contribution in [2.75, 3.05) is 13.2 Å². The van der Waals surface area contributed by atoms with E-state index in [1.807, 2.05) is 6.08 Å². The molecular weight excluding hydrogens is 949 g/mol. The van der Waals surface area contributed by atoms with Gasteiger partial charge in [-0.15, -0.1) is 0 Å². The Balaban J connectivity index is 4.28. The molecule has 0 radical (unpaired) electrons. The Morgan fingerprint density at radius 3 is 0.896 bits per heavy atom. The van der Waals surface area contributed by atoms with Gasteiger partial charge in [-0.05, 0) is 70.6 Å². The first kappa shape index (κ1) is 73.8. The number of hydrogen-bond acceptors (Lipinski definition) is 6. The van der Waals surface area contributed by atoms with Crippen LogP contribution in [0, 0.1) is 0 Å². The van der Waals surface area contributed by atoms with E-state index >= 15 is 0 Å². The number of esters is 3. The summed E-state index contributed by atoms with van der Waals surface area (Å²) in [4.78, 5) is 38.2. The second kappa shape index (κ2) is 65.4. The monoisotopic (exact) mass is 1070 g/mol. The number of rotatable bonds is 61. The van der Waals surface area contributed by atoms with E-state index in [-0.39, 0.29) is 31.6 Å². The van der Waals surface area contributed by atoms with Crippen LogP contribution in [0.1, 0.15) is 342 Å². The summed E-state index contributed by atoms with van der Waals surface area (Å²) < 4.78 is 16.8. The third-order valence-electron chi connectivity index (χ3n) is 14.7. The van der Waals surface area contributed by atoms with Crippen molar-refractivity contribution < 1.29 is 28.6 Å². The maximum atomic E-state index is 12.9. The van der Waals surface area contributed by atoms with Gasteiger partial charge in [-0.3, -0.25) is 14.4 Å². The lowest BCUT2D eigenvalue weighted by molar-refractivity contribution is -0.166. The SMILES string of the molecule is CC/C=C\C/C=C\C/C=C\C/C=C\C/C=C\CC(=O)OCC(COC(=O)CCCCCCCCCCCCCCCCCCCCCCCCCCCCCC)OC(=O)CCCCCCC/C=C\CCCCCCCCC. The zero-order chi connectivity index (χ0) is 55.7. The standard InChI is InChI=1S/C71H126O6/c1-4-7-10-13-16-19-22-25-28-30-31-32-33-34-35-36-37-38-39-40-41-44-46-49-52-55-58-61-64-70(73)76-67-68(66-75-69(72)63-60-57-54-51-48-45-42-27-24-21-18-15-12-9-6-3)77-71(74)65-62-59-56-53-50-47-43-29-26-23-20-17-14-11-8-5-2/h9,12,18,21,27,29,42-43,48,51,57,60,68H,4-8,10-11,13-17,19-20,22-26,28,30-41,44-47,49-50,52-56,58-59,61-67H2,1-3H3/b12-9-,21-18-,42-27-,43-29-,51-48-,60-57-. The van der Waals surface area contributed by atoms with Crippen molar-refractivity contribution in [1.82, 2.24) is 0 Å². The van der Waals surface area contributed by atoms with Crippen molar-refractivity contribution in [1.29, 1.82) is 0 Å². The number of ether oxygens (including phenoxy) is 3. The Bertz CT molecular complexity index is 1420. The minimum absolute atomic E-state index is 0.106. The second-order valence-electron chi connectivity index (χ2n) is 22.4. The highest BCUT2D eigenvalue weighted by Gasteiger charge is 2.19. The fourth-order valence-corrected chi connectivity index (χ4v) is 9.75. The summed E-state index contributed by atoms with van der Waals surface area (Å²) in [5.74, 6) is -1.03. The first-order valence-corrected chi connectivity index (χ1v) is 33.4. The minimum Gasteiger partial charge on any atom is -0.462 e. The van der Waals surface area contributed by atoms with Crippen LogP contribution in [0.5, 0.6) is 0 Å². The number of carbonyl (C=O) groups excluding carboxylic acids is 3. The predicted molar refractivity (Wildman–Crippen MR) is 335 cm³/mol. The Kier molecular flexibility index (Phi) is 62.7. The molecule has 0 aliphatic carbocycles. The van der Waals surface area contributed by atoms with E-state index < -0.39 is 12.1 Å². The molecule has 0 spiro atoms. The highest BCUT2D eigenvalue weighted by Crippen LogP contribution is 2.18. The molecule has 0 fully saturated rings. The Morgan fingerprint density at radius 2 is 0.558 bits per heavy atom. The molecular formula is C71H126O6. The summed E-state index contributed by atoms with van der Waals surface area (Å²) in [6.07, 6.45) is 85.3. The van der Waals surface area contributed by atoms with E-state index in [9.17, 15) is 14.4 Å². The number of carbonyl (C=O) groups is 3. The van der Waals surface area contributed by atoms with Gasteiger partial charge >= 0.3 is 17.9 Å². The van der Waals surface area contributed by atoms with E-state index in [2.05, 4.69) is 81.5 Å². The zero-order valence-corrected chi connectivity index (χ0v) is 51.2. The van der Waals surface area contributed by atoms with Gasteiger partial charge in [-0.2, -0.15) is 0 Å². The van der Waals surface area contributed by atoms with Gasteiger partial charge in [0.1, 0.15) is 13.2 Å². The van der Waals surface area contributed by atoms with Gasteiger partial charge in [0.25, 0.3) is 0 Å². The third kappa shape index (κ3) is 63.6. The maximum absolute atomic E-state index is 12.9. The van der Waals surface area contributed by atoms with Crippen LogP contribution >= 0.6 is 0 Å². The Morgan fingerprint density at radius 1 is 0.286 bits per heavy atom. The highest BCUT2D eigenvalue weighted by molar-refractivity contribution is 5.72. The highest BCUT2D eigenvalue weighted by atomic mass is 16.6. The van der Waals surface area contributed by atoms with Crippen LogP contribution in [0.15, 0.2) is 72.9 Å². The average molecular weight is 1080 g/mol. The van der Waals surface area contributed by atoms with Crippen molar-refractivity contribution >= 4 is 17.9 Å². The normalized spacial score (nSPS) is 12.5. The summed E-state index contributed by atoms with van der Waals surface area (Å²) in [6, 6.07) is 0. The van der Waals surface area contributed by atoms with Gasteiger partial charge in [0, 0.05) is 12.8 Å². The smallest absolute Gasteiger partial charge is 0.309 e. The van der Waals surface area contributed by atoms with Crippen LogP contribution in [0.25, 0.3) is 0 Å². The van der Waals surface area contributed by atoms with E-state index in [1.165, 1.54) is 218 Å². The van der Waals surface area contributed by atoms with Crippen LogP contribution in [-0.2, 0) is 28.6 Å². The zero-order valence-electron chi connectivity index (χ0n) is 51.2. The molecule has 6 nitrogen and oxygen atoms in total. The van der Waals surface area contributed by atoms with Crippen molar-refractivity contribution in [3.05, 3.63) is 72.9 Å². The molecule has 0 aromatic carbocycles. The molecule has 6 heteroatoms. The molecule has 1 unspecified atom stereocenters. The molecule has 0 saturated carbocycles. The summed E-state index contributed by atoms with van der Waals surface area (Å²) in [5, 5.41) is 0. The molecule has 0 aromatic heterocycles. The number of hydrogen-bond donors (Lipinski definition) is 0. The first-order valence-electron chi connectivity index (χ1n) is 33.4.